The molecular weight excluding hydrogens is 490 g/mol. The van der Waals surface area contributed by atoms with Gasteiger partial charge in [0, 0.05) is 43.1 Å². The smallest absolute Gasteiger partial charge is 0.300 e. The summed E-state index contributed by atoms with van der Waals surface area (Å²) in [6.45, 7) is 8.39. The summed E-state index contributed by atoms with van der Waals surface area (Å²) in [7, 11) is 2.12. The molecular formula is C32H35N3O4. The molecule has 1 N–H and O–H groups in total. The van der Waals surface area contributed by atoms with E-state index in [1.54, 1.807) is 18.2 Å². The van der Waals surface area contributed by atoms with Crippen LogP contribution in [-0.4, -0.2) is 61.5 Å². The fourth-order valence-electron chi connectivity index (χ4n) is 5.25. The number of hydrogen-bond acceptors (Lipinski definition) is 6. The van der Waals surface area contributed by atoms with E-state index in [0.29, 0.717) is 23.6 Å². The summed E-state index contributed by atoms with van der Waals surface area (Å²) >= 11 is 0. The van der Waals surface area contributed by atoms with Gasteiger partial charge >= 0.3 is 0 Å². The molecule has 7 heteroatoms. The van der Waals surface area contributed by atoms with E-state index in [2.05, 4.69) is 16.8 Å². The Morgan fingerprint density at radius 3 is 2.31 bits per heavy atom. The number of anilines is 2. The number of aryl methyl sites for hydroxylation is 1. The number of aliphatic hydroxyl groups is 1. The number of nitrogens with zero attached hydrogens (tertiary/aromatic N) is 3. The predicted molar refractivity (Wildman–Crippen MR) is 154 cm³/mol. The molecule has 0 bridgehead atoms. The van der Waals surface area contributed by atoms with E-state index in [4.69, 9.17) is 4.74 Å². The van der Waals surface area contributed by atoms with Gasteiger partial charge in [-0.25, -0.2) is 0 Å². The van der Waals surface area contributed by atoms with Gasteiger partial charge in [0.1, 0.15) is 11.5 Å². The highest BCUT2D eigenvalue weighted by Crippen LogP contribution is 2.43. The third-order valence-electron chi connectivity index (χ3n) is 7.38. The molecule has 7 nitrogen and oxygen atoms in total. The van der Waals surface area contributed by atoms with Gasteiger partial charge in [0.2, 0.25) is 0 Å². The van der Waals surface area contributed by atoms with Crippen LogP contribution in [0, 0.1) is 6.92 Å². The molecule has 1 atom stereocenters. The Morgan fingerprint density at radius 1 is 0.923 bits per heavy atom. The fraction of sp³-hybridized carbons (Fsp3) is 0.312. The number of likely N-dealkylation sites (N-methyl/N-ethyl adjacent to an activating group) is 1. The minimum atomic E-state index is -0.764. The molecule has 1 amide bonds. The zero-order valence-electron chi connectivity index (χ0n) is 22.8. The highest BCUT2D eigenvalue weighted by atomic mass is 16.5. The van der Waals surface area contributed by atoms with Gasteiger partial charge in [-0.1, -0.05) is 48.9 Å². The first-order chi connectivity index (χ1) is 18.9. The molecule has 1 unspecified atom stereocenters. The average molecular weight is 526 g/mol. The van der Waals surface area contributed by atoms with Gasteiger partial charge in [-0.05, 0) is 62.4 Å². The standard InChI is InChI=1S/C32H35N3O4/c1-4-19-39-27-10-6-9-24(21-27)30(36)28-29(23-8-5-7-22(2)20-23)35(32(38)31(28)37)26-13-11-25(12-14-26)34-17-15-33(3)16-18-34/h5-14,20-21,29,36H,4,15-19H2,1-3H3/b30-28+. The van der Waals surface area contributed by atoms with Crippen LogP contribution in [0.15, 0.2) is 78.4 Å². The number of benzene rings is 3. The Labute approximate surface area is 229 Å². The van der Waals surface area contributed by atoms with Gasteiger partial charge in [0.05, 0.1) is 18.2 Å². The lowest BCUT2D eigenvalue weighted by atomic mass is 9.94. The normalized spacial score (nSPS) is 19.5. The largest absolute Gasteiger partial charge is 0.507 e. The quantitative estimate of drug-likeness (QED) is 0.261. The lowest BCUT2D eigenvalue weighted by molar-refractivity contribution is -0.132. The van der Waals surface area contributed by atoms with Gasteiger partial charge in [0.25, 0.3) is 11.7 Å². The van der Waals surface area contributed by atoms with Crippen LogP contribution in [0.2, 0.25) is 0 Å². The number of ketones is 1. The second-order valence-electron chi connectivity index (χ2n) is 10.3. The number of amides is 1. The summed E-state index contributed by atoms with van der Waals surface area (Å²) in [5.74, 6) is -0.976. The third-order valence-corrected chi connectivity index (χ3v) is 7.38. The molecule has 2 aliphatic rings. The van der Waals surface area contributed by atoms with Crippen molar-refractivity contribution in [1.82, 2.24) is 4.90 Å². The van der Waals surface area contributed by atoms with Gasteiger partial charge in [-0.2, -0.15) is 0 Å². The molecule has 0 aromatic heterocycles. The Kier molecular flexibility index (Phi) is 7.70. The SMILES string of the molecule is CCCOc1cccc(/C(O)=C2\C(=O)C(=O)N(c3ccc(N4CCN(C)CC4)cc3)C2c2cccc(C)c2)c1. The summed E-state index contributed by atoms with van der Waals surface area (Å²) in [5, 5.41) is 11.5. The number of piperazine rings is 1. The molecule has 202 valence electrons. The number of carbonyl (C=O) groups is 2. The van der Waals surface area contributed by atoms with Gasteiger partial charge in [-0.3, -0.25) is 14.5 Å². The molecule has 2 saturated heterocycles. The first-order valence-corrected chi connectivity index (χ1v) is 13.5. The molecule has 0 spiro atoms. The Morgan fingerprint density at radius 2 is 1.62 bits per heavy atom. The molecule has 0 aliphatic carbocycles. The van der Waals surface area contributed by atoms with E-state index in [0.717, 1.165) is 49.4 Å². The minimum Gasteiger partial charge on any atom is -0.507 e. The van der Waals surface area contributed by atoms with Crippen molar-refractivity contribution in [2.75, 3.05) is 49.6 Å². The van der Waals surface area contributed by atoms with Crippen LogP contribution in [0.25, 0.3) is 5.76 Å². The summed E-state index contributed by atoms with van der Waals surface area (Å²) in [6, 6.07) is 21.7. The first-order valence-electron chi connectivity index (χ1n) is 13.5. The number of carbonyl (C=O) groups excluding carboxylic acids is 2. The Hall–Kier alpha value is -4.10. The van der Waals surface area contributed by atoms with Crippen molar-refractivity contribution in [2.24, 2.45) is 0 Å². The predicted octanol–water partition coefficient (Wildman–Crippen LogP) is 5.16. The van der Waals surface area contributed by atoms with Crippen molar-refractivity contribution >= 4 is 28.8 Å². The molecule has 2 aliphatic heterocycles. The van der Waals surface area contributed by atoms with Crippen LogP contribution in [0.3, 0.4) is 0 Å². The Balaban J connectivity index is 1.56. The molecule has 3 aromatic carbocycles. The lowest BCUT2D eigenvalue weighted by Crippen LogP contribution is -2.44. The molecule has 2 heterocycles. The van der Waals surface area contributed by atoms with Crippen LogP contribution in [-0.2, 0) is 9.59 Å². The van der Waals surface area contributed by atoms with E-state index in [9.17, 15) is 14.7 Å². The van der Waals surface area contributed by atoms with Crippen molar-refractivity contribution < 1.29 is 19.4 Å². The van der Waals surface area contributed by atoms with E-state index < -0.39 is 17.7 Å². The highest BCUT2D eigenvalue weighted by molar-refractivity contribution is 6.51. The molecule has 2 fully saturated rings. The van der Waals surface area contributed by atoms with E-state index in [1.165, 1.54) is 4.90 Å². The van der Waals surface area contributed by atoms with Crippen molar-refractivity contribution in [3.63, 3.8) is 0 Å². The minimum absolute atomic E-state index is 0.0707. The first kappa shape index (κ1) is 26.5. The van der Waals surface area contributed by atoms with E-state index in [1.807, 2.05) is 68.4 Å². The summed E-state index contributed by atoms with van der Waals surface area (Å²) in [6.07, 6.45) is 0.849. The van der Waals surface area contributed by atoms with Crippen LogP contribution in [0.4, 0.5) is 11.4 Å². The zero-order valence-corrected chi connectivity index (χ0v) is 22.8. The molecule has 39 heavy (non-hydrogen) atoms. The monoisotopic (exact) mass is 525 g/mol. The van der Waals surface area contributed by atoms with E-state index >= 15 is 0 Å². The number of ether oxygens (including phenoxy) is 1. The van der Waals surface area contributed by atoms with Crippen LogP contribution in [0.5, 0.6) is 5.75 Å². The van der Waals surface area contributed by atoms with Gasteiger partial charge in [0.15, 0.2) is 0 Å². The molecule has 3 aromatic rings. The van der Waals surface area contributed by atoms with Crippen molar-refractivity contribution in [2.45, 2.75) is 26.3 Å². The highest BCUT2D eigenvalue weighted by Gasteiger charge is 2.47. The molecule has 0 radical (unpaired) electrons. The fourth-order valence-corrected chi connectivity index (χ4v) is 5.25. The maximum absolute atomic E-state index is 13.5. The summed E-state index contributed by atoms with van der Waals surface area (Å²) in [5.41, 5.74) is 3.96. The second-order valence-corrected chi connectivity index (χ2v) is 10.3. The number of rotatable bonds is 7. The summed E-state index contributed by atoms with van der Waals surface area (Å²) < 4.78 is 5.74. The Bertz CT molecular complexity index is 1390. The van der Waals surface area contributed by atoms with Crippen molar-refractivity contribution in [3.05, 3.63) is 95.1 Å². The lowest BCUT2D eigenvalue weighted by Gasteiger charge is -2.34. The molecule has 5 rings (SSSR count). The topological polar surface area (TPSA) is 73.3 Å². The van der Waals surface area contributed by atoms with Crippen LogP contribution < -0.4 is 14.5 Å². The summed E-state index contributed by atoms with van der Waals surface area (Å²) in [4.78, 5) is 33.2. The average Bonchev–Trinajstić information content (AvgIpc) is 3.22. The number of hydrogen-bond donors (Lipinski definition) is 1. The second kappa shape index (κ2) is 11.3. The van der Waals surface area contributed by atoms with Crippen molar-refractivity contribution in [3.8, 4) is 5.75 Å². The van der Waals surface area contributed by atoms with E-state index in [-0.39, 0.29) is 11.3 Å². The maximum atomic E-state index is 13.5. The molecule has 0 saturated carbocycles. The number of aliphatic hydroxyl groups excluding tert-OH is 1. The van der Waals surface area contributed by atoms with Gasteiger partial charge < -0.3 is 19.6 Å². The van der Waals surface area contributed by atoms with Gasteiger partial charge in [-0.15, -0.1) is 0 Å². The van der Waals surface area contributed by atoms with Crippen molar-refractivity contribution in [1.29, 1.82) is 0 Å². The number of Topliss-reactive ketones (excluding diaryl/α,β-unsaturated/α-hetero) is 1. The maximum Gasteiger partial charge on any atom is 0.300 e. The third kappa shape index (κ3) is 5.40. The zero-order chi connectivity index (χ0) is 27.5. The van der Waals surface area contributed by atoms with Crippen LogP contribution in [0.1, 0.15) is 36.1 Å². The van der Waals surface area contributed by atoms with Crippen LogP contribution >= 0.6 is 0 Å².